The first-order chi connectivity index (χ1) is 10.9. The van der Waals surface area contributed by atoms with E-state index >= 15 is 0 Å². The van der Waals surface area contributed by atoms with Gasteiger partial charge in [-0.05, 0) is 43.7 Å². The third-order valence-corrected chi connectivity index (χ3v) is 4.12. The van der Waals surface area contributed by atoms with Gasteiger partial charge in [-0.2, -0.15) is 0 Å². The fraction of sp³-hybridized carbons (Fsp3) is 0.278. The number of ether oxygens (including phenoxy) is 1. The molecule has 1 atom stereocenters. The minimum atomic E-state index is -1.08. The number of amides is 1. The molecule has 5 heteroatoms. The SMILES string of the molecule is Cc1ccc(OCCNC(=O)C(C)(N)c2ccc(Br)cc2)cc1. The van der Waals surface area contributed by atoms with Crippen molar-refractivity contribution < 1.29 is 9.53 Å². The van der Waals surface area contributed by atoms with E-state index in [2.05, 4.69) is 21.2 Å². The van der Waals surface area contributed by atoms with Gasteiger partial charge in [-0.25, -0.2) is 0 Å². The van der Waals surface area contributed by atoms with Gasteiger partial charge in [-0.1, -0.05) is 45.8 Å². The van der Waals surface area contributed by atoms with Crippen molar-refractivity contribution in [1.29, 1.82) is 0 Å². The van der Waals surface area contributed by atoms with Gasteiger partial charge in [0.15, 0.2) is 0 Å². The number of nitrogens with one attached hydrogen (secondary N) is 1. The lowest BCUT2D eigenvalue weighted by Gasteiger charge is -2.24. The summed E-state index contributed by atoms with van der Waals surface area (Å²) in [5.41, 5.74) is 7.04. The molecule has 0 aliphatic carbocycles. The number of nitrogens with two attached hydrogens (primary N) is 1. The van der Waals surface area contributed by atoms with Crippen molar-refractivity contribution in [2.24, 2.45) is 5.73 Å². The average Bonchev–Trinajstić information content (AvgIpc) is 2.53. The highest BCUT2D eigenvalue weighted by molar-refractivity contribution is 9.10. The van der Waals surface area contributed by atoms with Crippen molar-refractivity contribution >= 4 is 21.8 Å². The smallest absolute Gasteiger partial charge is 0.244 e. The first-order valence-corrected chi connectivity index (χ1v) is 8.21. The van der Waals surface area contributed by atoms with Crippen molar-refractivity contribution in [3.8, 4) is 5.75 Å². The molecule has 0 saturated carbocycles. The maximum absolute atomic E-state index is 12.3. The van der Waals surface area contributed by atoms with E-state index in [1.807, 2.05) is 55.5 Å². The van der Waals surface area contributed by atoms with Crippen LogP contribution in [0.15, 0.2) is 53.0 Å². The fourth-order valence-corrected chi connectivity index (χ4v) is 2.34. The monoisotopic (exact) mass is 376 g/mol. The number of carbonyl (C=O) groups excluding carboxylic acids is 1. The number of hydrogen-bond donors (Lipinski definition) is 2. The molecule has 4 nitrogen and oxygen atoms in total. The molecule has 23 heavy (non-hydrogen) atoms. The van der Waals surface area contributed by atoms with E-state index in [4.69, 9.17) is 10.5 Å². The van der Waals surface area contributed by atoms with Crippen molar-refractivity contribution in [2.75, 3.05) is 13.2 Å². The van der Waals surface area contributed by atoms with E-state index in [0.717, 1.165) is 15.8 Å². The maximum atomic E-state index is 12.3. The summed E-state index contributed by atoms with van der Waals surface area (Å²) in [5.74, 6) is 0.556. The van der Waals surface area contributed by atoms with E-state index in [-0.39, 0.29) is 5.91 Å². The first kappa shape index (κ1) is 17.5. The predicted octanol–water partition coefficient (Wildman–Crippen LogP) is 3.13. The van der Waals surface area contributed by atoms with Crippen LogP contribution in [0.25, 0.3) is 0 Å². The van der Waals surface area contributed by atoms with E-state index in [1.165, 1.54) is 5.56 Å². The van der Waals surface area contributed by atoms with Crippen LogP contribution in [0, 0.1) is 6.92 Å². The summed E-state index contributed by atoms with van der Waals surface area (Å²) in [6.45, 7) is 4.52. The summed E-state index contributed by atoms with van der Waals surface area (Å²) >= 11 is 3.37. The Balaban J connectivity index is 1.83. The second kappa shape index (κ2) is 7.62. The Morgan fingerprint density at radius 2 is 1.78 bits per heavy atom. The third kappa shape index (κ3) is 4.81. The van der Waals surface area contributed by atoms with Crippen LogP contribution in [0.4, 0.5) is 0 Å². The van der Waals surface area contributed by atoms with E-state index in [0.29, 0.717) is 13.2 Å². The van der Waals surface area contributed by atoms with Gasteiger partial charge in [0, 0.05) is 4.47 Å². The molecule has 1 amide bonds. The molecule has 2 aromatic carbocycles. The number of rotatable bonds is 6. The number of benzene rings is 2. The number of carbonyl (C=O) groups is 1. The van der Waals surface area contributed by atoms with Gasteiger partial charge in [-0.15, -0.1) is 0 Å². The molecule has 0 saturated heterocycles. The van der Waals surface area contributed by atoms with Gasteiger partial charge < -0.3 is 15.8 Å². The van der Waals surface area contributed by atoms with Gasteiger partial charge in [0.05, 0.1) is 6.54 Å². The molecule has 2 rings (SSSR count). The molecule has 0 aliphatic rings. The summed E-state index contributed by atoms with van der Waals surface area (Å²) in [4.78, 5) is 12.3. The fourth-order valence-electron chi connectivity index (χ4n) is 2.08. The highest BCUT2D eigenvalue weighted by atomic mass is 79.9. The number of hydrogen-bond acceptors (Lipinski definition) is 3. The van der Waals surface area contributed by atoms with Crippen LogP contribution in [-0.2, 0) is 10.3 Å². The molecule has 122 valence electrons. The van der Waals surface area contributed by atoms with E-state index in [9.17, 15) is 4.79 Å². The molecule has 0 spiro atoms. The number of halogens is 1. The predicted molar refractivity (Wildman–Crippen MR) is 95.4 cm³/mol. The molecule has 0 bridgehead atoms. The van der Waals surface area contributed by atoms with Crippen molar-refractivity contribution in [3.63, 3.8) is 0 Å². The molecule has 0 radical (unpaired) electrons. The van der Waals surface area contributed by atoms with Crippen molar-refractivity contribution in [3.05, 3.63) is 64.1 Å². The number of aryl methyl sites for hydroxylation is 1. The highest BCUT2D eigenvalue weighted by Crippen LogP contribution is 2.20. The zero-order valence-electron chi connectivity index (χ0n) is 13.3. The van der Waals surface area contributed by atoms with Crippen LogP contribution in [-0.4, -0.2) is 19.1 Å². The van der Waals surface area contributed by atoms with Crippen LogP contribution >= 0.6 is 15.9 Å². The summed E-state index contributed by atoms with van der Waals surface area (Å²) in [7, 11) is 0. The Morgan fingerprint density at radius 3 is 2.39 bits per heavy atom. The zero-order valence-corrected chi connectivity index (χ0v) is 14.9. The van der Waals surface area contributed by atoms with Gasteiger partial charge in [-0.3, -0.25) is 4.79 Å². The van der Waals surface area contributed by atoms with Crippen molar-refractivity contribution in [2.45, 2.75) is 19.4 Å². The van der Waals surface area contributed by atoms with Gasteiger partial charge in [0.1, 0.15) is 17.9 Å². The lowest BCUT2D eigenvalue weighted by atomic mass is 9.92. The Bertz CT molecular complexity index is 652. The second-order valence-corrected chi connectivity index (χ2v) is 6.54. The third-order valence-electron chi connectivity index (χ3n) is 3.59. The average molecular weight is 377 g/mol. The normalized spacial score (nSPS) is 13.2. The van der Waals surface area contributed by atoms with Crippen LogP contribution in [0.5, 0.6) is 5.75 Å². The molecule has 2 aromatic rings. The Labute approximate surface area is 145 Å². The molecule has 0 aliphatic heterocycles. The lowest BCUT2D eigenvalue weighted by Crippen LogP contribution is -2.49. The van der Waals surface area contributed by atoms with Crippen molar-refractivity contribution in [1.82, 2.24) is 5.32 Å². The summed E-state index contributed by atoms with van der Waals surface area (Å²) in [6.07, 6.45) is 0. The minimum Gasteiger partial charge on any atom is -0.492 e. The lowest BCUT2D eigenvalue weighted by molar-refractivity contribution is -0.126. The van der Waals surface area contributed by atoms with E-state index in [1.54, 1.807) is 6.92 Å². The molecule has 1 unspecified atom stereocenters. The molecule has 3 N–H and O–H groups in total. The van der Waals surface area contributed by atoms with Gasteiger partial charge in [0.25, 0.3) is 0 Å². The Morgan fingerprint density at radius 1 is 1.17 bits per heavy atom. The van der Waals surface area contributed by atoms with Crippen LogP contribution < -0.4 is 15.8 Å². The van der Waals surface area contributed by atoms with Crippen LogP contribution in [0.2, 0.25) is 0 Å². The Hall–Kier alpha value is -1.85. The molecule has 0 heterocycles. The quantitative estimate of drug-likeness (QED) is 0.761. The van der Waals surface area contributed by atoms with Gasteiger partial charge >= 0.3 is 0 Å². The first-order valence-electron chi connectivity index (χ1n) is 7.42. The molecular weight excluding hydrogens is 356 g/mol. The molecule has 0 fully saturated rings. The summed E-state index contributed by atoms with van der Waals surface area (Å²) in [5, 5.41) is 2.82. The molecule has 0 aromatic heterocycles. The summed E-state index contributed by atoms with van der Waals surface area (Å²) < 4.78 is 6.53. The molecular formula is C18H21BrN2O2. The van der Waals surface area contributed by atoms with Crippen LogP contribution in [0.3, 0.4) is 0 Å². The topological polar surface area (TPSA) is 64.3 Å². The van der Waals surface area contributed by atoms with E-state index < -0.39 is 5.54 Å². The Kier molecular flexibility index (Phi) is 5.80. The van der Waals surface area contributed by atoms with Gasteiger partial charge in [0.2, 0.25) is 5.91 Å². The zero-order chi connectivity index (χ0) is 16.9. The standard InChI is InChI=1S/C18H21BrN2O2/c1-13-3-9-16(10-4-13)23-12-11-21-17(22)18(2,20)14-5-7-15(19)8-6-14/h3-10H,11-12,20H2,1-2H3,(H,21,22). The minimum absolute atomic E-state index is 0.229. The largest absolute Gasteiger partial charge is 0.492 e. The second-order valence-electron chi connectivity index (χ2n) is 5.63. The highest BCUT2D eigenvalue weighted by Gasteiger charge is 2.30. The summed E-state index contributed by atoms with van der Waals surface area (Å²) in [6, 6.07) is 15.2. The maximum Gasteiger partial charge on any atom is 0.244 e. The van der Waals surface area contributed by atoms with Crippen LogP contribution in [0.1, 0.15) is 18.1 Å².